The number of nitrogens with one attached hydrogen (secondary N) is 1. The van der Waals surface area contributed by atoms with Crippen molar-refractivity contribution in [1.82, 2.24) is 0 Å². The van der Waals surface area contributed by atoms with Crippen molar-refractivity contribution in [1.29, 1.82) is 0 Å². The summed E-state index contributed by atoms with van der Waals surface area (Å²) >= 11 is 0. The third-order valence-corrected chi connectivity index (χ3v) is 6.28. The van der Waals surface area contributed by atoms with E-state index < -0.39 is 15.8 Å². The van der Waals surface area contributed by atoms with Crippen LogP contribution in [0.15, 0.2) is 42.5 Å². The van der Waals surface area contributed by atoms with E-state index in [0.717, 1.165) is 0 Å². The monoisotopic (exact) mass is 388 g/mol. The largest absolute Gasteiger partial charge is 0.449 e. The van der Waals surface area contributed by atoms with Crippen LogP contribution in [0.3, 0.4) is 0 Å². The van der Waals surface area contributed by atoms with Gasteiger partial charge in [-0.25, -0.2) is 8.42 Å². The molecule has 27 heavy (non-hydrogen) atoms. The van der Waals surface area contributed by atoms with Crippen LogP contribution in [0.4, 0.5) is 11.4 Å². The van der Waals surface area contributed by atoms with Gasteiger partial charge < -0.3 is 14.8 Å². The number of carbonyl (C=O) groups excluding carboxylic acids is 1. The van der Waals surface area contributed by atoms with E-state index in [0.29, 0.717) is 41.4 Å². The molecule has 0 radical (unpaired) electrons. The minimum atomic E-state index is -3.29. The molecule has 4 rings (SSSR count). The number of rotatable bonds is 3. The molecule has 0 saturated carbocycles. The predicted molar refractivity (Wildman–Crippen MR) is 102 cm³/mol. The summed E-state index contributed by atoms with van der Waals surface area (Å²) in [4.78, 5) is 12.6. The number of sulfonamides is 1. The summed E-state index contributed by atoms with van der Waals surface area (Å²) in [7, 11) is -3.29. The van der Waals surface area contributed by atoms with Crippen molar-refractivity contribution < 1.29 is 22.7 Å². The van der Waals surface area contributed by atoms with Crippen LogP contribution in [0.25, 0.3) is 0 Å². The number of fused-ring (bicyclic) bond motifs is 1. The van der Waals surface area contributed by atoms with Crippen molar-refractivity contribution in [3.8, 4) is 11.5 Å². The Kier molecular flexibility index (Phi) is 4.03. The molecule has 0 atom stereocenters. The lowest BCUT2D eigenvalue weighted by Gasteiger charge is -2.17. The number of amides is 1. The molecule has 0 bridgehead atoms. The van der Waals surface area contributed by atoms with Crippen LogP contribution in [-0.4, -0.2) is 32.4 Å². The normalized spacial score (nSPS) is 19.1. The number of hydrogen-bond acceptors (Lipinski definition) is 5. The van der Waals surface area contributed by atoms with Gasteiger partial charge in [0.15, 0.2) is 11.5 Å². The maximum Gasteiger partial charge on any atom is 0.255 e. The lowest BCUT2D eigenvalue weighted by atomic mass is 10.1. The summed E-state index contributed by atoms with van der Waals surface area (Å²) in [5.74, 6) is 0.262. The molecule has 1 amide bonds. The first-order chi connectivity index (χ1) is 12.7. The van der Waals surface area contributed by atoms with Crippen molar-refractivity contribution >= 4 is 27.3 Å². The number of benzene rings is 2. The number of ether oxygens (including phenoxy) is 2. The summed E-state index contributed by atoms with van der Waals surface area (Å²) in [6, 6.07) is 11.8. The van der Waals surface area contributed by atoms with Crippen LogP contribution in [0.5, 0.6) is 11.5 Å². The predicted octanol–water partition coefficient (Wildman–Crippen LogP) is 2.99. The molecule has 1 saturated heterocycles. The summed E-state index contributed by atoms with van der Waals surface area (Å²) in [6.45, 7) is 4.05. The van der Waals surface area contributed by atoms with Gasteiger partial charge in [0.25, 0.3) is 5.91 Å². The fourth-order valence-electron chi connectivity index (χ4n) is 3.24. The smallest absolute Gasteiger partial charge is 0.255 e. The average molecular weight is 388 g/mol. The topological polar surface area (TPSA) is 84.9 Å². The Morgan fingerprint density at radius 3 is 2.63 bits per heavy atom. The second-order valence-electron chi connectivity index (χ2n) is 7.01. The Bertz CT molecular complexity index is 1020. The maximum atomic E-state index is 12.6. The van der Waals surface area contributed by atoms with Gasteiger partial charge in [0, 0.05) is 37.7 Å². The highest BCUT2D eigenvalue weighted by Crippen LogP contribution is 2.40. The lowest BCUT2D eigenvalue weighted by Crippen LogP contribution is -2.29. The Hall–Kier alpha value is -2.74. The van der Waals surface area contributed by atoms with Gasteiger partial charge in [-0.2, -0.15) is 0 Å². The number of nitrogens with zero attached hydrogens (tertiary/aromatic N) is 1. The van der Waals surface area contributed by atoms with Crippen molar-refractivity contribution in [3.05, 3.63) is 48.0 Å². The molecule has 2 heterocycles. The first kappa shape index (κ1) is 17.7. The Morgan fingerprint density at radius 2 is 1.89 bits per heavy atom. The molecule has 2 aliphatic rings. The molecular formula is C19H20N2O5S. The van der Waals surface area contributed by atoms with Gasteiger partial charge in [-0.1, -0.05) is 6.07 Å². The zero-order valence-corrected chi connectivity index (χ0v) is 15.9. The van der Waals surface area contributed by atoms with Crippen LogP contribution in [0, 0.1) is 0 Å². The fraction of sp³-hybridized carbons (Fsp3) is 0.316. The summed E-state index contributed by atoms with van der Waals surface area (Å²) in [5, 5.41) is 2.81. The van der Waals surface area contributed by atoms with E-state index in [-0.39, 0.29) is 11.7 Å². The van der Waals surface area contributed by atoms with Crippen molar-refractivity contribution in [3.63, 3.8) is 0 Å². The highest BCUT2D eigenvalue weighted by atomic mass is 32.2. The van der Waals surface area contributed by atoms with Gasteiger partial charge in [-0.05, 0) is 36.8 Å². The van der Waals surface area contributed by atoms with Gasteiger partial charge in [0.05, 0.1) is 11.4 Å². The van der Waals surface area contributed by atoms with Crippen LogP contribution >= 0.6 is 0 Å². The van der Waals surface area contributed by atoms with Gasteiger partial charge in [-0.15, -0.1) is 0 Å². The molecule has 8 heteroatoms. The van der Waals surface area contributed by atoms with Gasteiger partial charge in [-0.3, -0.25) is 9.10 Å². The molecule has 1 fully saturated rings. The van der Waals surface area contributed by atoms with E-state index >= 15 is 0 Å². The third kappa shape index (κ3) is 3.44. The van der Waals surface area contributed by atoms with E-state index in [1.807, 2.05) is 13.8 Å². The summed E-state index contributed by atoms with van der Waals surface area (Å²) < 4.78 is 36.9. The fourth-order valence-corrected chi connectivity index (χ4v) is 4.79. The molecule has 0 aliphatic carbocycles. The Labute approximate surface area is 157 Å². The van der Waals surface area contributed by atoms with E-state index in [4.69, 9.17) is 9.47 Å². The van der Waals surface area contributed by atoms with Crippen LogP contribution < -0.4 is 19.1 Å². The zero-order valence-electron chi connectivity index (χ0n) is 15.1. The van der Waals surface area contributed by atoms with Gasteiger partial charge in [0.1, 0.15) is 0 Å². The second kappa shape index (κ2) is 6.16. The molecule has 7 nitrogen and oxygen atoms in total. The minimum Gasteiger partial charge on any atom is -0.449 e. The summed E-state index contributed by atoms with van der Waals surface area (Å²) in [5.41, 5.74) is 1.46. The first-order valence-electron chi connectivity index (χ1n) is 8.67. The molecule has 0 aromatic heterocycles. The lowest BCUT2D eigenvalue weighted by molar-refractivity contribution is -0.0431. The standard InChI is InChI=1S/C19H20N2O5S/c1-19(2)25-16-8-7-14(12-17(16)26-19)20-18(22)13-5-3-6-15(11-13)21-9-4-10-27(21,23)24/h3,5-8,11-12H,4,9-10H2,1-2H3,(H,20,22). The molecule has 0 unspecified atom stereocenters. The third-order valence-electron chi connectivity index (χ3n) is 4.41. The molecular weight excluding hydrogens is 368 g/mol. The van der Waals surface area contributed by atoms with Crippen molar-refractivity contribution in [2.75, 3.05) is 21.9 Å². The molecule has 142 valence electrons. The number of carbonyl (C=O) groups is 1. The highest BCUT2D eigenvalue weighted by Gasteiger charge is 2.32. The van der Waals surface area contributed by atoms with Crippen molar-refractivity contribution in [2.24, 2.45) is 0 Å². The second-order valence-corrected chi connectivity index (χ2v) is 9.02. The molecule has 2 aromatic carbocycles. The van der Waals surface area contributed by atoms with Crippen LogP contribution in [0.2, 0.25) is 0 Å². The van der Waals surface area contributed by atoms with E-state index in [9.17, 15) is 13.2 Å². The first-order valence-corrected chi connectivity index (χ1v) is 10.3. The zero-order chi connectivity index (χ0) is 19.2. The Balaban J connectivity index is 1.54. The highest BCUT2D eigenvalue weighted by molar-refractivity contribution is 7.93. The van der Waals surface area contributed by atoms with E-state index in [1.54, 1.807) is 42.5 Å². The van der Waals surface area contributed by atoms with E-state index in [2.05, 4.69) is 5.32 Å². The minimum absolute atomic E-state index is 0.136. The maximum absolute atomic E-state index is 12.6. The van der Waals surface area contributed by atoms with Crippen LogP contribution in [-0.2, 0) is 10.0 Å². The van der Waals surface area contributed by atoms with E-state index in [1.165, 1.54) is 4.31 Å². The molecule has 2 aromatic rings. The number of anilines is 2. The Morgan fingerprint density at radius 1 is 1.11 bits per heavy atom. The summed E-state index contributed by atoms with van der Waals surface area (Å²) in [6.07, 6.45) is 0.590. The average Bonchev–Trinajstić information content (AvgIpc) is 3.11. The van der Waals surface area contributed by atoms with Gasteiger partial charge >= 0.3 is 0 Å². The van der Waals surface area contributed by atoms with Crippen molar-refractivity contribution in [2.45, 2.75) is 26.1 Å². The molecule has 1 N–H and O–H groups in total. The quantitative estimate of drug-likeness (QED) is 0.874. The number of hydrogen-bond donors (Lipinski definition) is 1. The van der Waals surface area contributed by atoms with Gasteiger partial charge in [0.2, 0.25) is 15.8 Å². The van der Waals surface area contributed by atoms with Crippen LogP contribution in [0.1, 0.15) is 30.6 Å². The molecule has 2 aliphatic heterocycles. The SMILES string of the molecule is CC1(C)Oc2ccc(NC(=O)c3cccc(N4CCCS4(=O)=O)c3)cc2O1. The molecule has 0 spiro atoms.